The van der Waals surface area contributed by atoms with Gasteiger partial charge in [-0.05, 0) is 18.4 Å². The van der Waals surface area contributed by atoms with E-state index in [1.165, 1.54) is 0 Å². The van der Waals surface area contributed by atoms with Crippen molar-refractivity contribution in [3.05, 3.63) is 47.8 Å². The quantitative estimate of drug-likeness (QED) is 0.430. The Kier molecular flexibility index (Phi) is 6.73. The van der Waals surface area contributed by atoms with E-state index in [4.69, 9.17) is 20.6 Å². The molecule has 1 aromatic carbocycles. The van der Waals surface area contributed by atoms with Crippen LogP contribution in [0.15, 0.2) is 46.5 Å². The van der Waals surface area contributed by atoms with E-state index >= 15 is 0 Å². The van der Waals surface area contributed by atoms with Gasteiger partial charge in [-0.3, -0.25) is 14.6 Å². The second kappa shape index (κ2) is 10.2. The van der Waals surface area contributed by atoms with Crippen molar-refractivity contribution >= 4 is 18.0 Å². The predicted molar refractivity (Wildman–Crippen MR) is 134 cm³/mol. The first-order valence-electron chi connectivity index (χ1n) is 11.8. The van der Waals surface area contributed by atoms with Crippen molar-refractivity contribution in [2.45, 2.75) is 19.3 Å². The monoisotopic (exact) mass is 458 g/mol. The highest BCUT2D eigenvalue weighted by atomic mass is 16.5. The summed E-state index contributed by atoms with van der Waals surface area (Å²) in [5.74, 6) is 0.814. The second-order valence-corrected chi connectivity index (χ2v) is 8.55. The average Bonchev–Trinajstić information content (AvgIpc) is 3.21. The van der Waals surface area contributed by atoms with Gasteiger partial charge in [-0.15, -0.1) is 0 Å². The standard InChI is InChI=1S/C25H30N8O/c1-32-24(18-5-3-2-4-6-18)22-20(31-32)8-7-19-17-28-25(30-23(19)22)29-21(26)9-10-27-11-12-33-13-15-34-16-14-33/h2-6,10,17H,7-9,11-16H2,1H3,(H2,26,28,29,30). The van der Waals surface area contributed by atoms with Crippen LogP contribution in [-0.4, -0.2) is 76.1 Å². The summed E-state index contributed by atoms with van der Waals surface area (Å²) >= 11 is 0. The molecule has 3 aromatic rings. The molecule has 0 bridgehead atoms. The normalized spacial score (nSPS) is 16.6. The van der Waals surface area contributed by atoms with Crippen molar-refractivity contribution in [1.29, 1.82) is 0 Å². The zero-order chi connectivity index (χ0) is 23.3. The molecule has 2 aromatic heterocycles. The molecular weight excluding hydrogens is 428 g/mol. The van der Waals surface area contributed by atoms with Crippen LogP contribution >= 0.6 is 0 Å². The van der Waals surface area contributed by atoms with Gasteiger partial charge >= 0.3 is 0 Å². The SMILES string of the molecule is Cn1nc2c(c1-c1ccccc1)-c1nc(N=C(N)CC=NCCN3CCOCC3)ncc1CC2. The smallest absolute Gasteiger partial charge is 0.251 e. The number of nitrogens with two attached hydrogens (primary N) is 1. The van der Waals surface area contributed by atoms with Gasteiger partial charge in [0.25, 0.3) is 5.95 Å². The Labute approximate surface area is 199 Å². The van der Waals surface area contributed by atoms with Crippen LogP contribution in [0.2, 0.25) is 0 Å². The maximum Gasteiger partial charge on any atom is 0.251 e. The van der Waals surface area contributed by atoms with Gasteiger partial charge in [0.05, 0.1) is 36.8 Å². The average molecular weight is 459 g/mol. The number of aromatic nitrogens is 4. The van der Waals surface area contributed by atoms with Crippen LogP contribution in [0.25, 0.3) is 22.5 Å². The number of benzene rings is 1. The minimum atomic E-state index is 0.369. The zero-order valence-electron chi connectivity index (χ0n) is 19.5. The van der Waals surface area contributed by atoms with Gasteiger partial charge in [-0.25, -0.2) is 9.97 Å². The number of aryl methyl sites for hydroxylation is 3. The van der Waals surface area contributed by atoms with Crippen molar-refractivity contribution in [2.75, 3.05) is 39.4 Å². The minimum Gasteiger partial charge on any atom is -0.387 e. The summed E-state index contributed by atoms with van der Waals surface area (Å²) < 4.78 is 7.32. The molecule has 0 spiro atoms. The van der Waals surface area contributed by atoms with Crippen LogP contribution in [0.5, 0.6) is 0 Å². The number of rotatable bonds is 7. The van der Waals surface area contributed by atoms with Crippen LogP contribution in [-0.2, 0) is 24.6 Å². The molecule has 176 valence electrons. The minimum absolute atomic E-state index is 0.369. The maximum absolute atomic E-state index is 6.16. The molecule has 1 aliphatic heterocycles. The van der Waals surface area contributed by atoms with Crippen molar-refractivity contribution in [2.24, 2.45) is 22.8 Å². The molecule has 1 aliphatic carbocycles. The Balaban J connectivity index is 1.32. The lowest BCUT2D eigenvalue weighted by Gasteiger charge is -2.25. The first-order chi connectivity index (χ1) is 16.7. The van der Waals surface area contributed by atoms with Gasteiger partial charge < -0.3 is 10.5 Å². The first-order valence-corrected chi connectivity index (χ1v) is 11.8. The number of nitrogens with zero attached hydrogens (tertiary/aromatic N) is 7. The predicted octanol–water partition coefficient (Wildman–Crippen LogP) is 2.42. The molecule has 9 nitrogen and oxygen atoms in total. The lowest BCUT2D eigenvalue weighted by Crippen LogP contribution is -2.37. The maximum atomic E-state index is 6.16. The van der Waals surface area contributed by atoms with Gasteiger partial charge in [0.15, 0.2) is 0 Å². The number of aliphatic imine (C=N–C) groups is 2. The molecule has 34 heavy (non-hydrogen) atoms. The summed E-state index contributed by atoms with van der Waals surface area (Å²) in [4.78, 5) is 20.6. The molecule has 9 heteroatoms. The Morgan fingerprint density at radius 2 is 2.00 bits per heavy atom. The number of hydrogen-bond donors (Lipinski definition) is 1. The van der Waals surface area contributed by atoms with E-state index < -0.39 is 0 Å². The number of morpholine rings is 1. The lowest BCUT2D eigenvalue weighted by molar-refractivity contribution is 0.0395. The number of amidine groups is 1. The van der Waals surface area contributed by atoms with Crippen molar-refractivity contribution in [3.8, 4) is 22.5 Å². The Hall–Kier alpha value is -3.43. The zero-order valence-corrected chi connectivity index (χ0v) is 19.5. The van der Waals surface area contributed by atoms with Crippen LogP contribution in [0.1, 0.15) is 17.7 Å². The molecule has 0 radical (unpaired) electrons. The van der Waals surface area contributed by atoms with E-state index in [-0.39, 0.29) is 0 Å². The Bertz CT molecular complexity index is 1200. The number of ether oxygens (including phenoxy) is 1. The third-order valence-corrected chi connectivity index (χ3v) is 6.21. The molecule has 0 unspecified atom stereocenters. The number of fused-ring (bicyclic) bond motifs is 3. The van der Waals surface area contributed by atoms with Gasteiger partial charge in [0, 0.05) is 56.6 Å². The molecule has 2 aliphatic rings. The summed E-state index contributed by atoms with van der Waals surface area (Å²) in [6.45, 7) is 5.23. The fraction of sp³-hybridized carbons (Fsp3) is 0.400. The molecule has 1 saturated heterocycles. The fourth-order valence-electron chi connectivity index (χ4n) is 4.48. The van der Waals surface area contributed by atoms with Crippen LogP contribution in [0.3, 0.4) is 0 Å². The van der Waals surface area contributed by atoms with Crippen molar-refractivity contribution in [1.82, 2.24) is 24.6 Å². The molecule has 0 saturated carbocycles. The van der Waals surface area contributed by atoms with Gasteiger partial charge in [0.2, 0.25) is 0 Å². The molecule has 3 heterocycles. The highest BCUT2D eigenvalue weighted by Gasteiger charge is 2.26. The Morgan fingerprint density at radius 3 is 2.82 bits per heavy atom. The fourth-order valence-corrected chi connectivity index (χ4v) is 4.48. The van der Waals surface area contributed by atoms with Gasteiger partial charge in [0.1, 0.15) is 5.84 Å². The molecule has 2 N–H and O–H groups in total. The molecular formula is C25H30N8O. The van der Waals surface area contributed by atoms with E-state index in [2.05, 4.69) is 32.0 Å². The van der Waals surface area contributed by atoms with E-state index in [1.807, 2.05) is 42.3 Å². The molecule has 5 rings (SSSR count). The van der Waals surface area contributed by atoms with Gasteiger partial charge in [-0.1, -0.05) is 30.3 Å². The van der Waals surface area contributed by atoms with Crippen molar-refractivity contribution in [3.63, 3.8) is 0 Å². The summed E-state index contributed by atoms with van der Waals surface area (Å²) in [6.07, 6.45) is 5.90. The van der Waals surface area contributed by atoms with Crippen LogP contribution in [0, 0.1) is 0 Å². The summed E-state index contributed by atoms with van der Waals surface area (Å²) in [7, 11) is 1.98. The third kappa shape index (κ3) is 4.90. The largest absolute Gasteiger partial charge is 0.387 e. The topological polar surface area (TPSA) is 107 Å². The van der Waals surface area contributed by atoms with E-state index in [9.17, 15) is 0 Å². The van der Waals surface area contributed by atoms with Gasteiger partial charge in [-0.2, -0.15) is 10.1 Å². The highest BCUT2D eigenvalue weighted by molar-refractivity contribution is 5.94. The second-order valence-electron chi connectivity index (χ2n) is 8.55. The highest BCUT2D eigenvalue weighted by Crippen LogP contribution is 2.39. The van der Waals surface area contributed by atoms with E-state index in [0.717, 1.165) is 86.0 Å². The summed E-state index contributed by atoms with van der Waals surface area (Å²) in [5.41, 5.74) is 12.5. The van der Waals surface area contributed by atoms with E-state index in [1.54, 1.807) is 0 Å². The lowest BCUT2D eigenvalue weighted by atomic mass is 9.91. The Morgan fingerprint density at radius 1 is 1.18 bits per heavy atom. The van der Waals surface area contributed by atoms with Crippen LogP contribution < -0.4 is 5.73 Å². The molecule has 1 fully saturated rings. The van der Waals surface area contributed by atoms with E-state index in [0.29, 0.717) is 18.2 Å². The summed E-state index contributed by atoms with van der Waals surface area (Å²) in [6, 6.07) is 10.3. The third-order valence-electron chi connectivity index (χ3n) is 6.21. The van der Waals surface area contributed by atoms with Crippen LogP contribution in [0.4, 0.5) is 5.95 Å². The molecule has 0 amide bonds. The number of hydrogen-bond acceptors (Lipinski definition) is 7. The first kappa shape index (κ1) is 22.4. The molecule has 0 atom stereocenters. The van der Waals surface area contributed by atoms with Crippen molar-refractivity contribution < 1.29 is 4.74 Å². The summed E-state index contributed by atoms with van der Waals surface area (Å²) in [5, 5.41) is 4.78.